The summed E-state index contributed by atoms with van der Waals surface area (Å²) in [6, 6.07) is 9.38. The van der Waals surface area contributed by atoms with Crippen LogP contribution in [0.5, 0.6) is 0 Å². The molecule has 1 aromatic rings. The van der Waals surface area contributed by atoms with Gasteiger partial charge in [-0.2, -0.15) is 0 Å². The summed E-state index contributed by atoms with van der Waals surface area (Å²) < 4.78 is 0. The highest BCUT2D eigenvalue weighted by atomic mass is 28.1. The third kappa shape index (κ3) is 0.983. The Morgan fingerprint density at radius 2 is 2.21 bits per heavy atom. The lowest BCUT2D eigenvalue weighted by Crippen LogP contribution is -2.28. The first kappa shape index (κ1) is 8.68. The van der Waals surface area contributed by atoms with Gasteiger partial charge in [0.05, 0.1) is 5.60 Å². The highest BCUT2D eigenvalue weighted by molar-refractivity contribution is 6.09. The van der Waals surface area contributed by atoms with Crippen LogP contribution in [0.1, 0.15) is 23.5 Å². The van der Waals surface area contributed by atoms with Gasteiger partial charge in [0, 0.05) is 16.2 Å². The van der Waals surface area contributed by atoms with Gasteiger partial charge in [-0.3, -0.25) is 0 Å². The van der Waals surface area contributed by atoms with Crippen LogP contribution < -0.4 is 0 Å². The Hall–Kier alpha value is -0.603. The second-order valence-corrected chi connectivity index (χ2v) is 4.96. The molecule has 0 aromatic heterocycles. The van der Waals surface area contributed by atoms with E-state index in [1.807, 2.05) is 0 Å². The monoisotopic (exact) mass is 201 g/mol. The van der Waals surface area contributed by atoms with Gasteiger partial charge in [-0.15, -0.1) is 0 Å². The van der Waals surface area contributed by atoms with Crippen molar-refractivity contribution in [1.82, 2.24) is 0 Å². The van der Waals surface area contributed by atoms with E-state index in [1.54, 1.807) is 0 Å². The molecule has 0 saturated heterocycles. The normalized spacial score (nSPS) is 38.7. The number of benzene rings is 1. The molecular formula is C12H13OSi. The van der Waals surface area contributed by atoms with Crippen LogP contribution in [0.3, 0.4) is 0 Å². The van der Waals surface area contributed by atoms with Crippen LogP contribution in [0.2, 0.25) is 6.04 Å². The standard InChI is InChI=1S/C12H13OSi/c13-12-6-9(12)5-8-3-1-2-4-10(8)11(12)7-14/h1-4,9,11,13H,5-7H2. The quantitative estimate of drug-likeness (QED) is 0.685. The third-order valence-electron chi connectivity index (χ3n) is 3.82. The van der Waals surface area contributed by atoms with Crippen LogP contribution in [0.15, 0.2) is 24.3 Å². The maximum atomic E-state index is 10.3. The van der Waals surface area contributed by atoms with E-state index in [2.05, 4.69) is 34.5 Å². The number of hydrogen-bond donors (Lipinski definition) is 1. The molecule has 1 aromatic carbocycles. The molecule has 2 aliphatic rings. The molecule has 1 N–H and O–H groups in total. The van der Waals surface area contributed by atoms with E-state index in [1.165, 1.54) is 11.1 Å². The molecule has 3 unspecified atom stereocenters. The largest absolute Gasteiger partial charge is 0.389 e. The van der Waals surface area contributed by atoms with E-state index < -0.39 is 5.60 Å². The minimum atomic E-state index is -0.393. The molecule has 0 aliphatic heterocycles. The van der Waals surface area contributed by atoms with Crippen molar-refractivity contribution in [2.24, 2.45) is 5.92 Å². The predicted octanol–water partition coefficient (Wildman–Crippen LogP) is 1.66. The van der Waals surface area contributed by atoms with Crippen molar-refractivity contribution < 1.29 is 5.11 Å². The van der Waals surface area contributed by atoms with Crippen LogP contribution in [0.4, 0.5) is 0 Å². The Bertz CT molecular complexity index is 376. The number of aliphatic hydroxyl groups is 1. The highest BCUT2D eigenvalue weighted by Crippen LogP contribution is 2.59. The van der Waals surface area contributed by atoms with Crippen molar-refractivity contribution in [3.8, 4) is 0 Å². The Morgan fingerprint density at radius 1 is 1.43 bits per heavy atom. The second-order valence-electron chi connectivity index (χ2n) is 4.55. The molecule has 1 fully saturated rings. The average molecular weight is 201 g/mol. The molecule has 2 heteroatoms. The minimum Gasteiger partial charge on any atom is -0.389 e. The number of fused-ring (bicyclic) bond motifs is 2. The van der Waals surface area contributed by atoms with E-state index in [-0.39, 0.29) is 0 Å². The zero-order valence-corrected chi connectivity index (χ0v) is 9.03. The third-order valence-corrected chi connectivity index (χ3v) is 4.23. The maximum absolute atomic E-state index is 10.3. The molecule has 2 aliphatic carbocycles. The topological polar surface area (TPSA) is 20.2 Å². The van der Waals surface area contributed by atoms with E-state index in [0.29, 0.717) is 11.8 Å². The summed E-state index contributed by atoms with van der Waals surface area (Å²) in [6.45, 7) is 0. The lowest BCUT2D eigenvalue weighted by molar-refractivity contribution is 0.0998. The van der Waals surface area contributed by atoms with Crippen molar-refractivity contribution in [3.63, 3.8) is 0 Å². The number of rotatable bonds is 1. The fraction of sp³-hybridized carbons (Fsp3) is 0.500. The number of hydrogen-bond acceptors (Lipinski definition) is 1. The van der Waals surface area contributed by atoms with Crippen LogP contribution in [-0.2, 0) is 6.42 Å². The molecule has 1 nitrogen and oxygen atoms in total. The second kappa shape index (κ2) is 2.71. The first-order chi connectivity index (χ1) is 6.75. The summed E-state index contributed by atoms with van der Waals surface area (Å²) in [5, 5.41) is 10.3. The fourth-order valence-corrected chi connectivity index (χ4v) is 3.47. The van der Waals surface area contributed by atoms with Crippen LogP contribution in [0.25, 0.3) is 0 Å². The molecule has 14 heavy (non-hydrogen) atoms. The van der Waals surface area contributed by atoms with E-state index >= 15 is 0 Å². The molecule has 3 atom stereocenters. The maximum Gasteiger partial charge on any atom is 0.0749 e. The average Bonchev–Trinajstić information content (AvgIpc) is 2.84. The van der Waals surface area contributed by atoms with Crippen LogP contribution >= 0.6 is 0 Å². The minimum absolute atomic E-state index is 0.300. The summed E-state index contributed by atoms with van der Waals surface area (Å²) in [7, 11) is 3.57. The van der Waals surface area contributed by atoms with Gasteiger partial charge in [0.2, 0.25) is 0 Å². The van der Waals surface area contributed by atoms with Crippen molar-refractivity contribution in [2.75, 3.05) is 0 Å². The summed E-state index contributed by atoms with van der Waals surface area (Å²) in [4.78, 5) is 0. The molecule has 1 saturated carbocycles. The van der Waals surface area contributed by atoms with Gasteiger partial charge in [0.1, 0.15) is 0 Å². The van der Waals surface area contributed by atoms with Gasteiger partial charge in [-0.1, -0.05) is 30.3 Å². The summed E-state index contributed by atoms with van der Waals surface area (Å²) in [5.41, 5.74) is 2.39. The molecule has 71 valence electrons. The van der Waals surface area contributed by atoms with Gasteiger partial charge in [-0.05, 0) is 29.9 Å². The van der Waals surface area contributed by atoms with Crippen molar-refractivity contribution in [3.05, 3.63) is 35.4 Å². The Labute approximate surface area is 87.6 Å². The highest BCUT2D eigenvalue weighted by Gasteiger charge is 2.59. The first-order valence-corrected chi connectivity index (χ1v) is 5.91. The van der Waals surface area contributed by atoms with Crippen LogP contribution in [0, 0.1) is 5.92 Å². The van der Waals surface area contributed by atoms with E-state index in [4.69, 9.17) is 0 Å². The Balaban J connectivity index is 2.10. The van der Waals surface area contributed by atoms with Gasteiger partial charge in [0.15, 0.2) is 0 Å². The summed E-state index contributed by atoms with van der Waals surface area (Å²) in [5.74, 6) is 0.813. The van der Waals surface area contributed by atoms with Crippen molar-refractivity contribution >= 4 is 10.2 Å². The van der Waals surface area contributed by atoms with Gasteiger partial charge >= 0.3 is 0 Å². The van der Waals surface area contributed by atoms with Crippen LogP contribution in [-0.4, -0.2) is 21.0 Å². The van der Waals surface area contributed by atoms with E-state index in [0.717, 1.165) is 18.9 Å². The summed E-state index contributed by atoms with van der Waals surface area (Å²) >= 11 is 0. The fourth-order valence-electron chi connectivity index (χ4n) is 2.89. The summed E-state index contributed by atoms with van der Waals surface area (Å²) in [6.07, 6.45) is 2.05. The molecule has 0 heterocycles. The molecular weight excluding hydrogens is 188 g/mol. The molecule has 0 spiro atoms. The molecule has 0 amide bonds. The SMILES string of the molecule is OC12CC1Cc1ccccc1C2C[Si]. The van der Waals surface area contributed by atoms with Gasteiger partial charge in [-0.25, -0.2) is 0 Å². The van der Waals surface area contributed by atoms with Crippen molar-refractivity contribution in [2.45, 2.75) is 30.4 Å². The lowest BCUT2D eigenvalue weighted by Gasteiger charge is -2.29. The Morgan fingerprint density at radius 3 is 3.00 bits per heavy atom. The van der Waals surface area contributed by atoms with Crippen molar-refractivity contribution in [1.29, 1.82) is 0 Å². The van der Waals surface area contributed by atoms with Gasteiger partial charge in [0.25, 0.3) is 0 Å². The van der Waals surface area contributed by atoms with Gasteiger partial charge < -0.3 is 5.11 Å². The predicted molar refractivity (Wildman–Crippen MR) is 56.5 cm³/mol. The molecule has 0 bridgehead atoms. The zero-order chi connectivity index (χ0) is 9.76. The Kier molecular flexibility index (Phi) is 1.68. The first-order valence-electron chi connectivity index (χ1n) is 5.20. The smallest absolute Gasteiger partial charge is 0.0749 e. The zero-order valence-electron chi connectivity index (χ0n) is 8.03. The molecule has 3 radical (unpaired) electrons. The van der Waals surface area contributed by atoms with E-state index in [9.17, 15) is 5.11 Å². The molecule has 3 rings (SSSR count). The lowest BCUT2D eigenvalue weighted by atomic mass is 9.81.